The first-order chi connectivity index (χ1) is 8.09. The largest absolute Gasteiger partial charge is 0.275 e. The van der Waals surface area contributed by atoms with E-state index in [4.69, 9.17) is 23.2 Å². The molecule has 0 unspecified atom stereocenters. The van der Waals surface area contributed by atoms with Crippen LogP contribution in [0, 0.1) is 0 Å². The number of carbonyl (C=O) groups is 2. The van der Waals surface area contributed by atoms with Crippen LogP contribution in [0.5, 0.6) is 0 Å². The van der Waals surface area contributed by atoms with E-state index in [1.807, 2.05) is 6.07 Å². The Kier molecular flexibility index (Phi) is 3.26. The number of hydrogen-bond acceptors (Lipinski definition) is 3. The lowest BCUT2D eigenvalue weighted by Crippen LogP contribution is -1.99. The van der Waals surface area contributed by atoms with Gasteiger partial charge in [0.05, 0.1) is 11.3 Å². The van der Waals surface area contributed by atoms with Gasteiger partial charge in [-0.1, -0.05) is 18.2 Å². The van der Waals surface area contributed by atoms with Gasteiger partial charge in [-0.05, 0) is 35.3 Å². The van der Waals surface area contributed by atoms with E-state index in [1.165, 1.54) is 10.9 Å². The molecule has 0 aliphatic heterocycles. The van der Waals surface area contributed by atoms with Crippen molar-refractivity contribution in [3.8, 4) is 5.69 Å². The predicted octanol–water partition coefficient (Wildman–Crippen LogP) is 2.63. The quantitative estimate of drug-likeness (QED) is 0.805. The molecule has 0 fully saturated rings. The highest BCUT2D eigenvalue weighted by atomic mass is 35.5. The summed E-state index contributed by atoms with van der Waals surface area (Å²) in [5.41, 5.74) is 0.557. The van der Waals surface area contributed by atoms with E-state index in [0.29, 0.717) is 5.69 Å². The highest BCUT2D eigenvalue weighted by Gasteiger charge is 2.19. The number of aromatic nitrogens is 2. The summed E-state index contributed by atoms with van der Waals surface area (Å²) in [5.74, 6) is 0. The fourth-order valence-corrected chi connectivity index (χ4v) is 1.65. The summed E-state index contributed by atoms with van der Waals surface area (Å²) in [6.45, 7) is 0. The first-order valence-electron chi connectivity index (χ1n) is 4.64. The van der Waals surface area contributed by atoms with Crippen molar-refractivity contribution >= 4 is 33.7 Å². The average Bonchev–Trinajstić information content (AvgIpc) is 2.75. The fourth-order valence-electron chi connectivity index (χ4n) is 1.38. The lowest BCUT2D eigenvalue weighted by Gasteiger charge is -1.98. The van der Waals surface area contributed by atoms with Gasteiger partial charge >= 0.3 is 0 Å². The van der Waals surface area contributed by atoms with Crippen LogP contribution < -0.4 is 0 Å². The second-order valence-electron chi connectivity index (χ2n) is 3.22. The van der Waals surface area contributed by atoms with Crippen molar-refractivity contribution in [3.63, 3.8) is 0 Å². The van der Waals surface area contributed by atoms with Crippen LogP contribution in [0.15, 0.2) is 36.5 Å². The van der Waals surface area contributed by atoms with Gasteiger partial charge in [-0.2, -0.15) is 5.10 Å². The molecule has 1 aromatic heterocycles. The van der Waals surface area contributed by atoms with E-state index in [1.54, 1.807) is 24.3 Å². The molecule has 0 N–H and O–H groups in total. The summed E-state index contributed by atoms with van der Waals surface area (Å²) in [6, 6.07) is 9.01. The van der Waals surface area contributed by atoms with Gasteiger partial charge in [0.25, 0.3) is 10.5 Å². The summed E-state index contributed by atoms with van der Waals surface area (Å²) in [6.07, 6.45) is 1.38. The van der Waals surface area contributed by atoms with Crippen molar-refractivity contribution < 1.29 is 9.59 Å². The maximum absolute atomic E-state index is 11.1. The monoisotopic (exact) mass is 268 g/mol. The molecule has 86 valence electrons. The van der Waals surface area contributed by atoms with Crippen LogP contribution in [0.3, 0.4) is 0 Å². The van der Waals surface area contributed by atoms with E-state index < -0.39 is 10.5 Å². The summed E-state index contributed by atoms with van der Waals surface area (Å²) in [7, 11) is 0. The molecule has 6 heteroatoms. The molecule has 1 heterocycles. The first kappa shape index (κ1) is 11.8. The smallest absolute Gasteiger partial charge is 0.273 e. The molecule has 17 heavy (non-hydrogen) atoms. The normalized spacial score (nSPS) is 10.2. The van der Waals surface area contributed by atoms with Crippen LogP contribution >= 0.6 is 23.2 Å². The summed E-state index contributed by atoms with van der Waals surface area (Å²) >= 11 is 10.7. The standard InChI is InChI=1S/C11H6Cl2N2O2/c12-10(16)8-6-15(14-9(8)11(13)17)7-4-2-1-3-5-7/h1-6H. The highest BCUT2D eigenvalue weighted by Crippen LogP contribution is 2.16. The van der Waals surface area contributed by atoms with Crippen LogP contribution in [0.4, 0.5) is 0 Å². The van der Waals surface area contributed by atoms with Crippen molar-refractivity contribution in [2.75, 3.05) is 0 Å². The van der Waals surface area contributed by atoms with Crippen molar-refractivity contribution in [2.45, 2.75) is 0 Å². The maximum Gasteiger partial charge on any atom is 0.273 e. The van der Waals surface area contributed by atoms with Crippen molar-refractivity contribution in [1.82, 2.24) is 9.78 Å². The van der Waals surface area contributed by atoms with Gasteiger partial charge in [0, 0.05) is 6.20 Å². The second kappa shape index (κ2) is 4.69. The van der Waals surface area contributed by atoms with Crippen LogP contribution in [0.25, 0.3) is 5.69 Å². The molecule has 0 bridgehead atoms. The Balaban J connectivity index is 2.55. The minimum Gasteiger partial charge on any atom is -0.275 e. The van der Waals surface area contributed by atoms with Gasteiger partial charge in [-0.3, -0.25) is 9.59 Å². The molecule has 0 spiro atoms. The Bertz CT molecular complexity index is 547. The number of rotatable bonds is 3. The van der Waals surface area contributed by atoms with E-state index in [-0.39, 0.29) is 11.3 Å². The Morgan fingerprint density at radius 2 is 1.71 bits per heavy atom. The van der Waals surface area contributed by atoms with Crippen LogP contribution in [0.2, 0.25) is 0 Å². The van der Waals surface area contributed by atoms with Gasteiger partial charge in [0.15, 0.2) is 5.69 Å². The van der Waals surface area contributed by atoms with E-state index in [2.05, 4.69) is 5.10 Å². The molecule has 0 radical (unpaired) electrons. The number of carbonyl (C=O) groups excluding carboxylic acids is 2. The molecule has 0 amide bonds. The average molecular weight is 269 g/mol. The van der Waals surface area contributed by atoms with E-state index in [0.717, 1.165) is 0 Å². The topological polar surface area (TPSA) is 52.0 Å². The first-order valence-corrected chi connectivity index (χ1v) is 5.40. The summed E-state index contributed by atoms with van der Waals surface area (Å²) < 4.78 is 1.38. The predicted molar refractivity (Wildman–Crippen MR) is 63.9 cm³/mol. The summed E-state index contributed by atoms with van der Waals surface area (Å²) in [4.78, 5) is 22.2. The van der Waals surface area contributed by atoms with Crippen LogP contribution in [-0.4, -0.2) is 20.3 Å². The number of benzene rings is 1. The molecule has 2 rings (SSSR count). The van der Waals surface area contributed by atoms with Crippen molar-refractivity contribution in [3.05, 3.63) is 47.8 Å². The lowest BCUT2D eigenvalue weighted by atomic mass is 10.3. The zero-order valence-corrected chi connectivity index (χ0v) is 9.94. The third kappa shape index (κ3) is 2.38. The molecule has 2 aromatic rings. The Morgan fingerprint density at radius 3 is 2.18 bits per heavy atom. The van der Waals surface area contributed by atoms with Gasteiger partial charge < -0.3 is 0 Å². The fraction of sp³-hybridized carbons (Fsp3) is 0. The van der Waals surface area contributed by atoms with Crippen LogP contribution in [-0.2, 0) is 0 Å². The Morgan fingerprint density at radius 1 is 1.06 bits per heavy atom. The molecule has 0 atom stereocenters. The van der Waals surface area contributed by atoms with Crippen molar-refractivity contribution in [2.24, 2.45) is 0 Å². The van der Waals surface area contributed by atoms with Gasteiger partial charge in [0.2, 0.25) is 0 Å². The molecule has 0 saturated carbocycles. The van der Waals surface area contributed by atoms with Gasteiger partial charge in [-0.25, -0.2) is 4.68 Å². The number of nitrogens with zero attached hydrogens (tertiary/aromatic N) is 2. The van der Waals surface area contributed by atoms with E-state index in [9.17, 15) is 9.59 Å². The third-order valence-corrected chi connectivity index (χ3v) is 2.52. The van der Waals surface area contributed by atoms with E-state index >= 15 is 0 Å². The minimum absolute atomic E-state index is 0.00415. The lowest BCUT2D eigenvalue weighted by molar-refractivity contribution is 0.104. The van der Waals surface area contributed by atoms with Gasteiger partial charge in [0.1, 0.15) is 0 Å². The Labute approximate surface area is 107 Å². The molecule has 4 nitrogen and oxygen atoms in total. The molecular formula is C11H6Cl2N2O2. The second-order valence-corrected chi connectivity index (χ2v) is 3.91. The van der Waals surface area contributed by atoms with Crippen LogP contribution in [0.1, 0.15) is 20.8 Å². The maximum atomic E-state index is 11.1. The number of hydrogen-bond donors (Lipinski definition) is 0. The number of para-hydroxylation sites is 1. The zero-order valence-electron chi connectivity index (χ0n) is 8.43. The SMILES string of the molecule is O=C(Cl)c1cn(-c2ccccc2)nc1C(=O)Cl. The van der Waals surface area contributed by atoms with Gasteiger partial charge in [-0.15, -0.1) is 0 Å². The third-order valence-electron chi connectivity index (χ3n) is 2.13. The number of halogens is 2. The molecule has 0 aliphatic rings. The molecule has 0 aliphatic carbocycles. The van der Waals surface area contributed by atoms with Crippen molar-refractivity contribution in [1.29, 1.82) is 0 Å². The minimum atomic E-state index is -0.816. The zero-order chi connectivity index (χ0) is 12.4. The Hall–Kier alpha value is -1.65. The molecule has 0 saturated heterocycles. The molecule has 1 aromatic carbocycles. The molecular weight excluding hydrogens is 263 g/mol. The highest BCUT2D eigenvalue weighted by molar-refractivity contribution is 6.71. The summed E-state index contributed by atoms with van der Waals surface area (Å²) in [5, 5.41) is 2.35.